The molecule has 0 aromatic rings. The van der Waals surface area contributed by atoms with Crippen LogP contribution in [0, 0.1) is 136 Å². The summed E-state index contributed by atoms with van der Waals surface area (Å²) in [6, 6.07) is 0.510. The Bertz CT molecular complexity index is 901. The molecule has 2 atom stereocenters. The van der Waals surface area contributed by atoms with Crippen molar-refractivity contribution in [2.24, 2.45) is 20.8 Å². The van der Waals surface area contributed by atoms with E-state index in [2.05, 4.69) is 138 Å². The van der Waals surface area contributed by atoms with Gasteiger partial charge in [0.05, 0.1) is 12.1 Å². The van der Waals surface area contributed by atoms with Crippen molar-refractivity contribution >= 4 is 67.0 Å². The van der Waals surface area contributed by atoms with Crippen LogP contribution >= 0.6 is 39.0 Å². The third kappa shape index (κ3) is 20.9. The molecule has 2 heterocycles. The summed E-state index contributed by atoms with van der Waals surface area (Å²) < 4.78 is 11.6. The molecule has 0 spiro atoms. The van der Waals surface area contributed by atoms with Gasteiger partial charge in [-0.25, -0.2) is 12.8 Å². The molecular formula is C40H56Fe2I2N2O2Pd2Si2. The molecule has 52 heavy (non-hydrogen) atoms. The van der Waals surface area contributed by atoms with E-state index in [9.17, 15) is 0 Å². The van der Waals surface area contributed by atoms with E-state index in [4.69, 9.17) is 19.5 Å². The number of rotatable bonds is 4. The van der Waals surface area contributed by atoms with Crippen LogP contribution in [0.3, 0.4) is 0 Å². The molecule has 4 fully saturated rings. The van der Waals surface area contributed by atoms with Crippen LogP contribution in [-0.4, -0.2) is 53.2 Å². The molecule has 12 heteroatoms. The number of halogens is 2. The molecule has 0 saturated heterocycles. The normalized spacial score (nSPS) is 23.9. The fourth-order valence-electron chi connectivity index (χ4n) is 4.89. The number of ether oxygens (including phenoxy) is 2. The SMILES string of the molecule is CC(C)(C)[C@H]1COC([C]2[C-][CH][CH][C]2[Si](C)(C)C)=N1.CC(C)(C)[C@H]1COC([C]2[C-][CH][CH][C]2[Si](C)(C)C)=N1.[CH]1[CH][CH][CH][CH]1.[CH]1[CH][CH][CH][CH]1.[Fe].[Fe].[Pd+][I].[Pd+][I]. The molecular weight excluding hydrogens is 1170 g/mol. The van der Waals surface area contributed by atoms with Crippen molar-refractivity contribution in [3.63, 3.8) is 0 Å². The predicted molar refractivity (Wildman–Crippen MR) is 228 cm³/mol. The Hall–Kier alpha value is 3.20. The first-order chi connectivity index (χ1) is 23.4. The quantitative estimate of drug-likeness (QED) is 0.160. The number of hydrogen-bond acceptors (Lipinski definition) is 4. The van der Waals surface area contributed by atoms with Crippen LogP contribution in [0.25, 0.3) is 0 Å². The average molecular weight is 1230 g/mol. The number of aliphatic imine (C=N–C) groups is 2. The van der Waals surface area contributed by atoms with Crippen LogP contribution in [0.1, 0.15) is 41.5 Å². The summed E-state index contributed by atoms with van der Waals surface area (Å²) in [4.78, 5) is 9.52. The summed E-state index contributed by atoms with van der Waals surface area (Å²) in [5.74, 6) is 3.80. The first-order valence-electron chi connectivity index (χ1n) is 16.7. The van der Waals surface area contributed by atoms with Gasteiger partial charge in [-0.05, 0) is 86.1 Å². The summed E-state index contributed by atoms with van der Waals surface area (Å²) in [5.41, 5.74) is 3.12. The van der Waals surface area contributed by atoms with Gasteiger partial charge < -0.3 is 22.3 Å². The minimum atomic E-state index is -1.35. The maximum absolute atomic E-state index is 5.81. The number of nitrogens with zero attached hydrogens (tertiary/aromatic N) is 2. The van der Waals surface area contributed by atoms with Crippen LogP contribution in [0.15, 0.2) is 9.98 Å². The molecule has 0 unspecified atom stereocenters. The maximum atomic E-state index is 5.81. The van der Waals surface area contributed by atoms with Gasteiger partial charge in [-0.3, -0.25) is 9.98 Å². The second kappa shape index (κ2) is 28.6. The third-order valence-electron chi connectivity index (χ3n) is 7.95. The van der Waals surface area contributed by atoms with Crippen molar-refractivity contribution in [3.05, 3.63) is 126 Å². The molecule has 0 bridgehead atoms. The monoisotopic (exact) mass is 1230 g/mol. The van der Waals surface area contributed by atoms with Gasteiger partial charge in [-0.15, -0.1) is 11.8 Å². The third-order valence-corrected chi connectivity index (χ3v) is 12.0. The Kier molecular flexibility index (Phi) is 31.5. The van der Waals surface area contributed by atoms with E-state index in [0.29, 0.717) is 13.2 Å². The fraction of sp³-hybridized carbons (Fsp3) is 0.450. The van der Waals surface area contributed by atoms with Crippen molar-refractivity contribution < 1.29 is 74.8 Å². The molecule has 0 amide bonds. The van der Waals surface area contributed by atoms with E-state index in [-0.39, 0.29) is 57.1 Å². The van der Waals surface area contributed by atoms with E-state index in [1.54, 1.807) is 0 Å². The standard InChI is InChI=1S/2C15H23NOSi.2C5H5.2Fe.2HI.2Pd/c2*1-15(2,3)13-10-17-14(16-13)11-8-7-9-12(11)18(4,5)6;2*1-2-4-5-3-1;;;;;;/h2*7,9,13H,10H2,1-6H3;2*1-5H;;;2*1H;;/q2*-1;;;;;;;2*+2/p-2/t2*13-;;;;;;;;/m11......../s1. The topological polar surface area (TPSA) is 43.2 Å². The van der Waals surface area contributed by atoms with Crippen molar-refractivity contribution in [2.75, 3.05) is 13.2 Å². The van der Waals surface area contributed by atoms with Crippen molar-refractivity contribution in [3.8, 4) is 0 Å². The zero-order valence-electron chi connectivity index (χ0n) is 32.5. The van der Waals surface area contributed by atoms with Crippen LogP contribution in [0.4, 0.5) is 0 Å². The summed E-state index contributed by atoms with van der Waals surface area (Å²) >= 11 is 9.44. The van der Waals surface area contributed by atoms with Gasteiger partial charge in [-0.2, -0.15) is 0 Å². The zero-order chi connectivity index (χ0) is 38.2. The first kappa shape index (κ1) is 57.3. The van der Waals surface area contributed by atoms with E-state index in [1.165, 1.54) is 11.1 Å². The van der Waals surface area contributed by atoms with Crippen LogP contribution in [0.2, 0.25) is 39.3 Å². The van der Waals surface area contributed by atoms with E-state index >= 15 is 0 Å². The predicted octanol–water partition coefficient (Wildman–Crippen LogP) is 10.5. The molecule has 0 aromatic heterocycles. The second-order valence-corrected chi connectivity index (χ2v) is 26.3. The Morgan fingerprint density at radius 2 is 0.808 bits per heavy atom. The van der Waals surface area contributed by atoms with Crippen LogP contribution < -0.4 is 0 Å². The van der Waals surface area contributed by atoms with Gasteiger partial charge in [0.25, 0.3) is 0 Å². The average Bonchev–Trinajstić information content (AvgIpc) is 3.88. The molecule has 0 N–H and O–H groups in total. The molecule has 2 aliphatic heterocycles. The fourth-order valence-corrected chi connectivity index (χ4v) is 7.92. The van der Waals surface area contributed by atoms with Gasteiger partial charge in [0.2, 0.25) is 0 Å². The molecule has 296 valence electrons. The van der Waals surface area contributed by atoms with Crippen LogP contribution in [0.5, 0.6) is 0 Å². The molecule has 4 saturated carbocycles. The molecule has 4 nitrogen and oxygen atoms in total. The molecule has 6 rings (SSSR count). The van der Waals surface area contributed by atoms with Crippen LogP contribution in [-0.2, 0) is 74.8 Å². The summed E-state index contributed by atoms with van der Waals surface area (Å²) in [6.45, 7) is 28.7. The van der Waals surface area contributed by atoms with E-state index in [1.807, 2.05) is 116 Å². The molecule has 20 radical (unpaired) electrons. The molecule has 6 aliphatic rings. The van der Waals surface area contributed by atoms with Gasteiger partial charge in [0.15, 0.2) is 11.8 Å². The number of hydrogen-bond donors (Lipinski definition) is 0. The summed E-state index contributed by atoms with van der Waals surface area (Å²) in [7, 11) is -2.71. The Morgan fingerprint density at radius 3 is 1.00 bits per heavy atom. The minimum absolute atomic E-state index is 0. The van der Waals surface area contributed by atoms with Crippen molar-refractivity contribution in [1.82, 2.24) is 0 Å². The van der Waals surface area contributed by atoms with Gasteiger partial charge >= 0.3 is 70.2 Å². The van der Waals surface area contributed by atoms with Gasteiger partial charge in [0.1, 0.15) is 13.2 Å². The van der Waals surface area contributed by atoms with Crippen molar-refractivity contribution in [2.45, 2.75) is 92.9 Å². The van der Waals surface area contributed by atoms with Gasteiger partial charge in [0, 0.05) is 50.3 Å². The Morgan fingerprint density at radius 1 is 0.558 bits per heavy atom. The van der Waals surface area contributed by atoms with Crippen molar-refractivity contribution in [1.29, 1.82) is 0 Å². The van der Waals surface area contributed by atoms with Gasteiger partial charge in [-0.1, -0.05) is 93.7 Å². The summed E-state index contributed by atoms with van der Waals surface area (Å²) in [5, 5.41) is 0. The Balaban J connectivity index is 0. The second-order valence-electron chi connectivity index (χ2n) is 16.2. The molecule has 0 aromatic carbocycles. The van der Waals surface area contributed by atoms with E-state index < -0.39 is 16.1 Å². The first-order valence-corrected chi connectivity index (χ1v) is 33.0. The Labute approximate surface area is 389 Å². The van der Waals surface area contributed by atoms with E-state index in [0.717, 1.165) is 23.6 Å². The summed E-state index contributed by atoms with van der Waals surface area (Å²) in [6.07, 6.45) is 35.0. The molecule has 4 aliphatic carbocycles. The zero-order valence-corrected chi connectivity index (χ0v) is 44.1.